The number of nitrogens with zero attached hydrogens (tertiary/aromatic N) is 2. The van der Waals surface area contributed by atoms with Gasteiger partial charge in [-0.1, -0.05) is 50.9 Å². The van der Waals surface area contributed by atoms with Crippen LogP contribution in [0.4, 0.5) is 0 Å². The monoisotopic (exact) mass is 381 g/mol. The fraction of sp³-hybridized carbons (Fsp3) is 0.522. The number of aromatic nitrogens is 2. The highest BCUT2D eigenvalue weighted by Gasteiger charge is 2.34. The van der Waals surface area contributed by atoms with E-state index < -0.39 is 0 Å². The predicted molar refractivity (Wildman–Crippen MR) is 112 cm³/mol. The van der Waals surface area contributed by atoms with Gasteiger partial charge in [-0.15, -0.1) is 0 Å². The zero-order chi connectivity index (χ0) is 20.0. The molecule has 2 aromatic rings. The summed E-state index contributed by atoms with van der Waals surface area (Å²) in [6.07, 6.45) is 10.2. The number of hydrogen-bond donors (Lipinski definition) is 1. The third-order valence-electron chi connectivity index (χ3n) is 5.81. The summed E-state index contributed by atoms with van der Waals surface area (Å²) >= 11 is 0. The fourth-order valence-electron chi connectivity index (χ4n) is 3.78. The molecule has 1 aliphatic rings. The van der Waals surface area contributed by atoms with Gasteiger partial charge in [0.2, 0.25) is 5.91 Å². The molecule has 0 bridgehead atoms. The van der Waals surface area contributed by atoms with Crippen molar-refractivity contribution in [2.45, 2.75) is 59.3 Å². The minimum atomic E-state index is -0.0377. The molecule has 28 heavy (non-hydrogen) atoms. The molecule has 1 aliphatic carbocycles. The van der Waals surface area contributed by atoms with Crippen molar-refractivity contribution in [2.24, 2.45) is 11.3 Å². The van der Waals surface area contributed by atoms with Crippen molar-refractivity contribution >= 4 is 12.0 Å². The zero-order valence-electron chi connectivity index (χ0n) is 17.2. The molecule has 0 radical (unpaired) electrons. The van der Waals surface area contributed by atoms with E-state index in [2.05, 4.69) is 36.2 Å². The number of hydrogen-bond acceptors (Lipinski definition) is 4. The highest BCUT2D eigenvalue weighted by atomic mass is 16.5. The van der Waals surface area contributed by atoms with Crippen LogP contribution in [0.25, 0.3) is 17.5 Å². The first-order valence-electron chi connectivity index (χ1n) is 10.4. The van der Waals surface area contributed by atoms with Gasteiger partial charge in [0.25, 0.3) is 5.89 Å². The molecule has 1 N–H and O–H groups in total. The molecular formula is C23H31N3O2. The molecule has 1 saturated carbocycles. The van der Waals surface area contributed by atoms with E-state index in [9.17, 15) is 4.79 Å². The maximum atomic E-state index is 12.1. The highest BCUT2D eigenvalue weighted by molar-refractivity contribution is 5.91. The molecule has 0 spiro atoms. The van der Waals surface area contributed by atoms with Crippen molar-refractivity contribution in [1.82, 2.24) is 15.5 Å². The van der Waals surface area contributed by atoms with E-state index in [0.29, 0.717) is 17.2 Å². The molecule has 150 valence electrons. The van der Waals surface area contributed by atoms with Gasteiger partial charge in [-0.3, -0.25) is 4.79 Å². The first-order valence-corrected chi connectivity index (χ1v) is 10.4. The van der Waals surface area contributed by atoms with Crippen molar-refractivity contribution in [3.8, 4) is 11.5 Å². The Morgan fingerprint density at radius 2 is 2.11 bits per heavy atom. The number of rotatable bonds is 8. The number of unbranched alkanes of at least 4 members (excludes halogenated alkanes) is 1. The second kappa shape index (κ2) is 9.18. The van der Waals surface area contributed by atoms with Gasteiger partial charge in [0, 0.05) is 24.6 Å². The summed E-state index contributed by atoms with van der Waals surface area (Å²) in [5.74, 6) is 1.83. The van der Waals surface area contributed by atoms with Crippen LogP contribution in [0.1, 0.15) is 64.3 Å². The molecular weight excluding hydrogens is 350 g/mol. The largest absolute Gasteiger partial charge is 0.352 e. The Bertz CT molecular complexity index is 806. The standard InChI is InChI=1S/C23H31N3O2/c1-4-5-8-20-25-22(28-26-20)18-12-9-17(10-13-18)11-14-21(27)24-16-19-7-6-15-23(19,2)3/h9-14,19H,4-8,15-16H2,1-3H3,(H,24,27)/b14-11+. The van der Waals surface area contributed by atoms with Gasteiger partial charge in [-0.25, -0.2) is 0 Å². The summed E-state index contributed by atoms with van der Waals surface area (Å²) in [7, 11) is 0. The first kappa shape index (κ1) is 20.3. The zero-order valence-corrected chi connectivity index (χ0v) is 17.2. The molecule has 3 rings (SSSR count). The van der Waals surface area contributed by atoms with Gasteiger partial charge in [-0.2, -0.15) is 4.98 Å². The summed E-state index contributed by atoms with van der Waals surface area (Å²) in [4.78, 5) is 16.6. The van der Waals surface area contributed by atoms with Crippen LogP contribution in [-0.4, -0.2) is 22.6 Å². The van der Waals surface area contributed by atoms with Crippen LogP contribution in [0.5, 0.6) is 0 Å². The molecule has 1 heterocycles. The lowest BCUT2D eigenvalue weighted by Crippen LogP contribution is -2.32. The predicted octanol–water partition coefficient (Wildman–Crippen LogP) is 5.03. The smallest absolute Gasteiger partial charge is 0.257 e. The summed E-state index contributed by atoms with van der Waals surface area (Å²) in [5, 5.41) is 7.07. The molecule has 0 aliphatic heterocycles. The number of carbonyl (C=O) groups is 1. The van der Waals surface area contributed by atoms with Gasteiger partial charge in [0.05, 0.1) is 0 Å². The lowest BCUT2D eigenvalue weighted by atomic mass is 9.82. The van der Waals surface area contributed by atoms with E-state index in [1.807, 2.05) is 30.3 Å². The average Bonchev–Trinajstić information content (AvgIpc) is 3.29. The van der Waals surface area contributed by atoms with E-state index in [-0.39, 0.29) is 5.91 Å². The van der Waals surface area contributed by atoms with Gasteiger partial charge in [0.15, 0.2) is 5.82 Å². The summed E-state index contributed by atoms with van der Waals surface area (Å²) < 4.78 is 5.34. The lowest BCUT2D eigenvalue weighted by molar-refractivity contribution is -0.116. The third-order valence-corrected chi connectivity index (χ3v) is 5.81. The first-order chi connectivity index (χ1) is 13.5. The van der Waals surface area contributed by atoms with Crippen molar-refractivity contribution in [2.75, 3.05) is 6.54 Å². The molecule has 1 aromatic carbocycles. The SMILES string of the molecule is CCCCc1noc(-c2ccc(/C=C/C(=O)NCC3CCCC3(C)C)cc2)n1. The van der Waals surface area contributed by atoms with Crippen LogP contribution in [0, 0.1) is 11.3 Å². The van der Waals surface area contributed by atoms with Crippen LogP contribution in [0.2, 0.25) is 0 Å². The minimum absolute atomic E-state index is 0.0377. The number of amides is 1. The summed E-state index contributed by atoms with van der Waals surface area (Å²) in [6, 6.07) is 7.79. The maximum absolute atomic E-state index is 12.1. The van der Waals surface area contributed by atoms with Gasteiger partial charge in [0.1, 0.15) is 0 Å². The normalized spacial score (nSPS) is 18.6. The third kappa shape index (κ3) is 5.31. The van der Waals surface area contributed by atoms with Crippen LogP contribution in [0.3, 0.4) is 0 Å². The maximum Gasteiger partial charge on any atom is 0.257 e. The Labute approximate surface area is 167 Å². The van der Waals surface area contributed by atoms with Crippen LogP contribution in [0.15, 0.2) is 34.9 Å². The molecule has 1 unspecified atom stereocenters. The Hall–Kier alpha value is -2.43. The quantitative estimate of drug-likeness (QED) is 0.651. The average molecular weight is 382 g/mol. The second-order valence-corrected chi connectivity index (χ2v) is 8.40. The summed E-state index contributed by atoms with van der Waals surface area (Å²) in [5.41, 5.74) is 2.18. The van der Waals surface area contributed by atoms with Crippen molar-refractivity contribution in [3.63, 3.8) is 0 Å². The molecule has 5 nitrogen and oxygen atoms in total. The van der Waals surface area contributed by atoms with Gasteiger partial charge in [-0.05, 0) is 54.4 Å². The van der Waals surface area contributed by atoms with Crippen molar-refractivity contribution in [1.29, 1.82) is 0 Å². The fourth-order valence-corrected chi connectivity index (χ4v) is 3.78. The molecule has 1 atom stereocenters. The van der Waals surface area contributed by atoms with Crippen LogP contribution >= 0.6 is 0 Å². The molecule has 0 saturated heterocycles. The van der Waals surface area contributed by atoms with E-state index >= 15 is 0 Å². The van der Waals surface area contributed by atoms with Gasteiger partial charge >= 0.3 is 0 Å². The molecule has 1 fully saturated rings. The minimum Gasteiger partial charge on any atom is -0.352 e. The topological polar surface area (TPSA) is 68.0 Å². The van der Waals surface area contributed by atoms with Crippen LogP contribution in [-0.2, 0) is 11.2 Å². The van der Waals surface area contributed by atoms with Crippen molar-refractivity contribution in [3.05, 3.63) is 41.7 Å². The van der Waals surface area contributed by atoms with Gasteiger partial charge < -0.3 is 9.84 Å². The summed E-state index contributed by atoms with van der Waals surface area (Å²) in [6.45, 7) is 7.49. The highest BCUT2D eigenvalue weighted by Crippen LogP contribution is 2.41. The Morgan fingerprint density at radius 1 is 1.32 bits per heavy atom. The molecule has 1 amide bonds. The number of nitrogens with one attached hydrogen (secondary N) is 1. The van der Waals surface area contributed by atoms with Crippen LogP contribution < -0.4 is 5.32 Å². The Kier molecular flexibility index (Phi) is 6.65. The van der Waals surface area contributed by atoms with E-state index in [0.717, 1.165) is 42.8 Å². The van der Waals surface area contributed by atoms with E-state index in [1.54, 1.807) is 6.08 Å². The number of benzene rings is 1. The molecule has 1 aromatic heterocycles. The molecule has 5 heteroatoms. The second-order valence-electron chi connectivity index (χ2n) is 8.40. The number of carbonyl (C=O) groups excluding carboxylic acids is 1. The van der Waals surface area contributed by atoms with E-state index in [4.69, 9.17) is 4.52 Å². The Balaban J connectivity index is 1.52. The Morgan fingerprint density at radius 3 is 2.79 bits per heavy atom. The lowest BCUT2D eigenvalue weighted by Gasteiger charge is -2.26. The van der Waals surface area contributed by atoms with E-state index in [1.165, 1.54) is 19.3 Å². The van der Waals surface area contributed by atoms with Crippen molar-refractivity contribution < 1.29 is 9.32 Å². The number of aryl methyl sites for hydroxylation is 1.